The summed E-state index contributed by atoms with van der Waals surface area (Å²) in [6.45, 7) is 4.27. The minimum atomic E-state index is -5.24. The van der Waals surface area contributed by atoms with Gasteiger partial charge in [0.15, 0.2) is 0 Å². The molecule has 0 fully saturated rings. The number of amides is 1. The van der Waals surface area contributed by atoms with Crippen LogP contribution in [0.5, 0.6) is 0 Å². The summed E-state index contributed by atoms with van der Waals surface area (Å²) in [5, 5.41) is 3.57. The first-order valence-corrected chi connectivity index (χ1v) is 7.60. The summed E-state index contributed by atoms with van der Waals surface area (Å²) in [7, 11) is 0. The number of alkyl halides is 3. The van der Waals surface area contributed by atoms with Crippen LogP contribution in [-0.4, -0.2) is 30.3 Å². The first kappa shape index (κ1) is 20.7. The lowest BCUT2D eigenvalue weighted by molar-refractivity contribution is -0.208. The smallest absolute Gasteiger partial charge is 0.441 e. The normalized spacial score (nSPS) is 13.9. The van der Waals surface area contributed by atoms with E-state index in [2.05, 4.69) is 4.74 Å². The number of ether oxygens (including phenoxy) is 1. The molecule has 0 heterocycles. The highest BCUT2D eigenvalue weighted by Crippen LogP contribution is 2.33. The molecule has 1 rings (SSSR count). The van der Waals surface area contributed by atoms with Crippen LogP contribution in [0.2, 0.25) is 0 Å². The van der Waals surface area contributed by atoms with Gasteiger partial charge in [-0.2, -0.15) is 13.2 Å². The number of benzene rings is 1. The maximum absolute atomic E-state index is 13.8. The average Bonchev–Trinajstić information content (AvgIpc) is 2.44. The number of esters is 1. The Hall–Kier alpha value is -2.32. The van der Waals surface area contributed by atoms with Crippen LogP contribution >= 0.6 is 0 Å². The minimum Gasteiger partial charge on any atom is -0.463 e. The molecule has 2 N–H and O–H groups in total. The predicted octanol–water partition coefficient (Wildman–Crippen LogP) is 3.22. The first-order chi connectivity index (χ1) is 11.5. The van der Waals surface area contributed by atoms with Gasteiger partial charge in [-0.15, -0.1) is 0 Å². The van der Waals surface area contributed by atoms with Gasteiger partial charge in [0.25, 0.3) is 0 Å². The highest BCUT2D eigenvalue weighted by Gasteiger charge is 2.63. The van der Waals surface area contributed by atoms with E-state index in [0.717, 1.165) is 18.2 Å². The van der Waals surface area contributed by atoms with Gasteiger partial charge in [-0.05, 0) is 31.0 Å². The zero-order valence-electron chi connectivity index (χ0n) is 14.0. The quantitative estimate of drug-likeness (QED) is 0.443. The van der Waals surface area contributed by atoms with Crippen molar-refractivity contribution in [3.05, 3.63) is 30.1 Å². The van der Waals surface area contributed by atoms with Crippen LogP contribution in [0.4, 0.5) is 23.2 Å². The fraction of sp³-hybridized carbons (Fsp3) is 0.500. The third-order valence-corrected chi connectivity index (χ3v) is 3.08. The molecule has 1 aromatic rings. The van der Waals surface area contributed by atoms with Gasteiger partial charge in [-0.3, -0.25) is 4.79 Å². The van der Waals surface area contributed by atoms with Gasteiger partial charge in [0.05, 0.1) is 6.61 Å². The standard InChI is InChI=1S/C16H20F4N2O3/c1-4-25-14(24)15(16(18,19)20,22-13(23)8-10(2)3)21-12-7-5-6-11(17)9-12/h5-7,9-10,21H,4,8H2,1-3H3,(H,22,23)/t15-/m0/s1. The number of hydrogen-bond acceptors (Lipinski definition) is 4. The highest BCUT2D eigenvalue weighted by atomic mass is 19.4. The Morgan fingerprint density at radius 3 is 2.36 bits per heavy atom. The van der Waals surface area contributed by atoms with Gasteiger partial charge in [-0.1, -0.05) is 19.9 Å². The topological polar surface area (TPSA) is 67.4 Å². The van der Waals surface area contributed by atoms with Crippen molar-refractivity contribution in [3.8, 4) is 0 Å². The van der Waals surface area contributed by atoms with Crippen molar-refractivity contribution in [1.29, 1.82) is 0 Å². The SMILES string of the molecule is CCOC(=O)[C@@](NC(=O)CC(C)C)(Nc1cccc(F)c1)C(F)(F)F. The van der Waals surface area contributed by atoms with Crippen LogP contribution in [-0.2, 0) is 14.3 Å². The van der Waals surface area contributed by atoms with E-state index in [9.17, 15) is 27.2 Å². The summed E-state index contributed by atoms with van der Waals surface area (Å²) in [5.41, 5.74) is -3.86. The fourth-order valence-corrected chi connectivity index (χ4v) is 2.04. The van der Waals surface area contributed by atoms with E-state index in [1.54, 1.807) is 19.2 Å². The lowest BCUT2D eigenvalue weighted by Gasteiger charge is -2.35. The maximum atomic E-state index is 13.8. The maximum Gasteiger partial charge on any atom is 0.441 e. The van der Waals surface area contributed by atoms with Crippen LogP contribution in [0.25, 0.3) is 0 Å². The van der Waals surface area contributed by atoms with E-state index in [1.165, 1.54) is 13.0 Å². The molecule has 0 radical (unpaired) electrons. The number of nitrogens with one attached hydrogen (secondary N) is 2. The molecule has 0 unspecified atom stereocenters. The second-order valence-electron chi connectivity index (χ2n) is 5.75. The van der Waals surface area contributed by atoms with Gasteiger partial charge in [-0.25, -0.2) is 9.18 Å². The van der Waals surface area contributed by atoms with Gasteiger partial charge in [0.2, 0.25) is 5.91 Å². The molecule has 0 aliphatic rings. The van der Waals surface area contributed by atoms with Crippen molar-refractivity contribution in [1.82, 2.24) is 5.32 Å². The summed E-state index contributed by atoms with van der Waals surface area (Å²) < 4.78 is 59.1. The molecule has 1 atom stereocenters. The molecule has 0 aliphatic heterocycles. The molecule has 0 spiro atoms. The van der Waals surface area contributed by atoms with Crippen LogP contribution < -0.4 is 10.6 Å². The third-order valence-electron chi connectivity index (χ3n) is 3.08. The number of hydrogen-bond donors (Lipinski definition) is 2. The molecule has 0 saturated heterocycles. The molecule has 1 amide bonds. The molecule has 0 aliphatic carbocycles. The van der Waals surface area contributed by atoms with Crippen molar-refractivity contribution >= 4 is 17.6 Å². The molecule has 9 heteroatoms. The van der Waals surface area contributed by atoms with Gasteiger partial charge < -0.3 is 15.4 Å². The number of carbonyl (C=O) groups excluding carboxylic acids is 2. The summed E-state index contributed by atoms with van der Waals surface area (Å²) in [6.07, 6.45) is -5.47. The van der Waals surface area contributed by atoms with E-state index in [4.69, 9.17) is 0 Å². The number of rotatable bonds is 7. The Labute approximate surface area is 142 Å². The zero-order chi connectivity index (χ0) is 19.3. The van der Waals surface area contributed by atoms with E-state index < -0.39 is 29.5 Å². The Balaban J connectivity index is 3.33. The Kier molecular flexibility index (Phi) is 6.78. The highest BCUT2D eigenvalue weighted by molar-refractivity contribution is 5.91. The molecule has 1 aromatic carbocycles. The molecule has 0 saturated carbocycles. The minimum absolute atomic E-state index is 0.234. The number of carbonyl (C=O) groups is 2. The number of anilines is 1. The van der Waals surface area contributed by atoms with Crippen LogP contribution in [0.1, 0.15) is 27.2 Å². The largest absolute Gasteiger partial charge is 0.463 e. The zero-order valence-corrected chi connectivity index (χ0v) is 14.0. The third kappa shape index (κ3) is 5.33. The van der Waals surface area contributed by atoms with Gasteiger partial charge in [0, 0.05) is 12.1 Å². The fourth-order valence-electron chi connectivity index (χ4n) is 2.04. The molecule has 5 nitrogen and oxygen atoms in total. The van der Waals surface area contributed by atoms with Gasteiger partial charge >= 0.3 is 17.8 Å². The molecule has 0 aromatic heterocycles. The molecule has 25 heavy (non-hydrogen) atoms. The second-order valence-corrected chi connectivity index (χ2v) is 5.75. The van der Waals surface area contributed by atoms with E-state index in [-0.39, 0.29) is 24.6 Å². The van der Waals surface area contributed by atoms with Crippen molar-refractivity contribution in [3.63, 3.8) is 0 Å². The summed E-state index contributed by atoms with van der Waals surface area (Å²) in [5.74, 6) is -3.77. The summed E-state index contributed by atoms with van der Waals surface area (Å²) in [4.78, 5) is 24.1. The molecule has 140 valence electrons. The summed E-state index contributed by atoms with van der Waals surface area (Å²) in [6, 6.07) is 4.10. The van der Waals surface area contributed by atoms with Crippen molar-refractivity contribution < 1.29 is 31.9 Å². The van der Waals surface area contributed by atoms with E-state index in [1.807, 2.05) is 5.32 Å². The van der Waals surface area contributed by atoms with Crippen LogP contribution in [0.3, 0.4) is 0 Å². The molecular weight excluding hydrogens is 344 g/mol. The lowest BCUT2D eigenvalue weighted by atomic mass is 10.1. The van der Waals surface area contributed by atoms with Crippen molar-refractivity contribution in [2.75, 3.05) is 11.9 Å². The van der Waals surface area contributed by atoms with Crippen molar-refractivity contribution in [2.45, 2.75) is 39.0 Å². The number of halogens is 4. The van der Waals surface area contributed by atoms with Crippen LogP contribution in [0, 0.1) is 11.7 Å². The second kappa shape index (κ2) is 8.17. The monoisotopic (exact) mass is 364 g/mol. The molecule has 0 bridgehead atoms. The predicted molar refractivity (Wildman–Crippen MR) is 83.0 cm³/mol. The van der Waals surface area contributed by atoms with E-state index in [0.29, 0.717) is 0 Å². The molecular formula is C16H20F4N2O3. The first-order valence-electron chi connectivity index (χ1n) is 7.60. The Morgan fingerprint density at radius 2 is 1.88 bits per heavy atom. The van der Waals surface area contributed by atoms with Gasteiger partial charge in [0.1, 0.15) is 5.82 Å². The Morgan fingerprint density at radius 1 is 1.24 bits per heavy atom. The average molecular weight is 364 g/mol. The summed E-state index contributed by atoms with van der Waals surface area (Å²) >= 11 is 0. The Bertz CT molecular complexity index is 620. The van der Waals surface area contributed by atoms with Crippen molar-refractivity contribution in [2.24, 2.45) is 5.92 Å². The lowest BCUT2D eigenvalue weighted by Crippen LogP contribution is -2.69. The van der Waals surface area contributed by atoms with Crippen LogP contribution in [0.15, 0.2) is 24.3 Å². The van der Waals surface area contributed by atoms with E-state index >= 15 is 0 Å².